The number of carbonyl (C=O) groups excluding carboxylic acids is 1. The topological polar surface area (TPSA) is 78.8 Å². The molecular formula is C17H14BCl2NO4. The third-order valence-corrected chi connectivity index (χ3v) is 5.55. The first-order valence-corrected chi connectivity index (χ1v) is 8.62. The Kier molecular flexibility index (Phi) is 3.96. The van der Waals surface area contributed by atoms with E-state index < -0.39 is 18.6 Å². The quantitative estimate of drug-likeness (QED) is 0.716. The van der Waals surface area contributed by atoms with Crippen molar-refractivity contribution in [2.24, 2.45) is 0 Å². The molecule has 1 fully saturated rings. The molecule has 1 saturated carbocycles. The zero-order valence-electron chi connectivity index (χ0n) is 13.0. The van der Waals surface area contributed by atoms with E-state index in [1.807, 2.05) is 24.3 Å². The lowest BCUT2D eigenvalue weighted by molar-refractivity contribution is -0.130. The molecule has 3 N–H and O–H groups in total. The number of carbonyl (C=O) groups is 1. The number of anilines is 1. The molecule has 0 bridgehead atoms. The SMILES string of the molecule is O=C1Nc2ccccc2C12CCC2Oc1c(Cl)cc(B(O)O)cc1Cl. The summed E-state index contributed by atoms with van der Waals surface area (Å²) < 4.78 is 6.02. The molecule has 2 unspecified atom stereocenters. The number of halogens is 2. The molecule has 1 spiro atoms. The Morgan fingerprint density at radius 1 is 1.20 bits per heavy atom. The highest BCUT2D eigenvalue weighted by Crippen LogP contribution is 2.53. The van der Waals surface area contributed by atoms with Crippen LogP contribution in [-0.4, -0.2) is 29.2 Å². The van der Waals surface area contributed by atoms with E-state index in [0.717, 1.165) is 11.3 Å². The number of hydrogen-bond acceptors (Lipinski definition) is 4. The monoisotopic (exact) mass is 377 g/mol. The molecule has 1 aliphatic heterocycles. The fourth-order valence-corrected chi connectivity index (χ4v) is 4.19. The number of para-hydroxylation sites is 1. The first kappa shape index (κ1) is 16.7. The fourth-order valence-electron chi connectivity index (χ4n) is 3.60. The van der Waals surface area contributed by atoms with Crippen LogP contribution in [0.1, 0.15) is 18.4 Å². The van der Waals surface area contributed by atoms with Gasteiger partial charge in [-0.15, -0.1) is 0 Å². The minimum Gasteiger partial charge on any atom is -0.486 e. The molecule has 2 aliphatic rings. The van der Waals surface area contributed by atoms with E-state index in [4.69, 9.17) is 27.9 Å². The lowest BCUT2D eigenvalue weighted by Crippen LogP contribution is -2.56. The highest BCUT2D eigenvalue weighted by atomic mass is 35.5. The third kappa shape index (κ3) is 2.44. The number of amides is 1. The average Bonchev–Trinajstić information content (AvgIpc) is 2.86. The summed E-state index contributed by atoms with van der Waals surface area (Å²) >= 11 is 12.4. The van der Waals surface area contributed by atoms with Crippen LogP contribution < -0.4 is 15.5 Å². The van der Waals surface area contributed by atoms with Gasteiger partial charge in [-0.3, -0.25) is 4.79 Å². The van der Waals surface area contributed by atoms with Crippen LogP contribution in [0.5, 0.6) is 5.75 Å². The Bertz CT molecular complexity index is 852. The van der Waals surface area contributed by atoms with E-state index >= 15 is 0 Å². The Balaban J connectivity index is 1.68. The van der Waals surface area contributed by atoms with Crippen molar-refractivity contribution in [3.8, 4) is 5.75 Å². The van der Waals surface area contributed by atoms with Crippen LogP contribution in [0.4, 0.5) is 5.69 Å². The molecule has 1 aliphatic carbocycles. The van der Waals surface area contributed by atoms with Crippen molar-refractivity contribution in [2.45, 2.75) is 24.4 Å². The average molecular weight is 378 g/mol. The summed E-state index contributed by atoms with van der Waals surface area (Å²) in [6.07, 6.45) is 0.984. The zero-order chi connectivity index (χ0) is 17.8. The molecule has 128 valence electrons. The first-order valence-electron chi connectivity index (χ1n) is 7.86. The van der Waals surface area contributed by atoms with Crippen LogP contribution in [0.15, 0.2) is 36.4 Å². The number of fused-ring (bicyclic) bond motifs is 2. The van der Waals surface area contributed by atoms with Gasteiger partial charge in [-0.1, -0.05) is 41.4 Å². The van der Waals surface area contributed by atoms with Crippen LogP contribution in [0, 0.1) is 0 Å². The first-order chi connectivity index (χ1) is 11.9. The van der Waals surface area contributed by atoms with Gasteiger partial charge in [0.15, 0.2) is 5.75 Å². The number of hydrogen-bond donors (Lipinski definition) is 3. The summed E-state index contributed by atoms with van der Waals surface area (Å²) in [6, 6.07) is 10.3. The smallest absolute Gasteiger partial charge is 0.486 e. The highest BCUT2D eigenvalue weighted by molar-refractivity contribution is 6.59. The second kappa shape index (κ2) is 5.92. The van der Waals surface area contributed by atoms with E-state index in [1.165, 1.54) is 12.1 Å². The fraction of sp³-hybridized carbons (Fsp3) is 0.235. The van der Waals surface area contributed by atoms with Gasteiger partial charge >= 0.3 is 7.12 Å². The van der Waals surface area contributed by atoms with Crippen LogP contribution >= 0.6 is 23.2 Å². The van der Waals surface area contributed by atoms with Crippen molar-refractivity contribution in [3.05, 3.63) is 52.0 Å². The molecule has 4 rings (SSSR count). The minimum absolute atomic E-state index is 0.0837. The molecule has 1 amide bonds. The van der Waals surface area contributed by atoms with Crippen LogP contribution in [0.3, 0.4) is 0 Å². The van der Waals surface area contributed by atoms with E-state index in [2.05, 4.69) is 5.32 Å². The Morgan fingerprint density at radius 2 is 1.88 bits per heavy atom. The molecule has 5 nitrogen and oxygen atoms in total. The predicted octanol–water partition coefficient (Wildman–Crippen LogP) is 2.10. The predicted molar refractivity (Wildman–Crippen MR) is 96.7 cm³/mol. The summed E-state index contributed by atoms with van der Waals surface area (Å²) in [5, 5.41) is 21.8. The molecule has 2 aromatic rings. The van der Waals surface area contributed by atoms with Crippen LogP contribution in [0.25, 0.3) is 0 Å². The molecular weight excluding hydrogens is 364 g/mol. The summed E-state index contributed by atoms with van der Waals surface area (Å²) in [4.78, 5) is 12.6. The van der Waals surface area contributed by atoms with Crippen molar-refractivity contribution < 1.29 is 19.6 Å². The summed E-state index contributed by atoms with van der Waals surface area (Å²) in [5.41, 5.74) is 1.16. The van der Waals surface area contributed by atoms with E-state index in [0.29, 0.717) is 12.8 Å². The number of ether oxygens (including phenoxy) is 1. The molecule has 25 heavy (non-hydrogen) atoms. The summed E-state index contributed by atoms with van der Waals surface area (Å²) in [7, 11) is -1.67. The molecule has 1 heterocycles. The van der Waals surface area contributed by atoms with E-state index in [-0.39, 0.29) is 27.2 Å². The van der Waals surface area contributed by atoms with Crippen LogP contribution in [0.2, 0.25) is 10.0 Å². The Hall–Kier alpha value is -1.73. The molecule has 2 atom stereocenters. The summed E-state index contributed by atoms with van der Waals surface area (Å²) in [5.74, 6) is 0.161. The molecule has 0 radical (unpaired) electrons. The van der Waals surface area contributed by atoms with Gasteiger partial charge in [0.05, 0.1) is 10.0 Å². The van der Waals surface area contributed by atoms with Crippen molar-refractivity contribution in [1.82, 2.24) is 0 Å². The van der Waals surface area contributed by atoms with Gasteiger partial charge < -0.3 is 20.1 Å². The van der Waals surface area contributed by atoms with Gasteiger partial charge in [0, 0.05) is 5.69 Å². The Labute approximate surface area is 154 Å². The van der Waals surface area contributed by atoms with Gasteiger partial charge in [-0.25, -0.2) is 0 Å². The van der Waals surface area contributed by atoms with E-state index in [1.54, 1.807) is 0 Å². The molecule has 0 saturated heterocycles. The maximum atomic E-state index is 12.6. The maximum absolute atomic E-state index is 12.6. The van der Waals surface area contributed by atoms with Crippen molar-refractivity contribution in [1.29, 1.82) is 0 Å². The molecule has 2 aromatic carbocycles. The van der Waals surface area contributed by atoms with Crippen molar-refractivity contribution >= 4 is 47.4 Å². The second-order valence-electron chi connectivity index (χ2n) is 6.30. The van der Waals surface area contributed by atoms with Gasteiger partial charge in [0.25, 0.3) is 0 Å². The molecule has 0 aromatic heterocycles. The lowest BCUT2D eigenvalue weighted by Gasteiger charge is -2.44. The second-order valence-corrected chi connectivity index (χ2v) is 7.12. The number of nitrogens with one attached hydrogen (secondary N) is 1. The van der Waals surface area contributed by atoms with Gasteiger partial charge in [-0.05, 0) is 42.1 Å². The standard InChI is InChI=1S/C17H14BCl2NO4/c19-11-7-9(18(23)24)8-12(20)15(11)25-14-5-6-17(14)10-3-1-2-4-13(10)21-16(17)22/h1-4,7-8,14,23-24H,5-6H2,(H,21,22). The van der Waals surface area contributed by atoms with E-state index in [9.17, 15) is 14.8 Å². The van der Waals surface area contributed by atoms with Crippen LogP contribution in [-0.2, 0) is 10.2 Å². The minimum atomic E-state index is -1.67. The third-order valence-electron chi connectivity index (χ3n) is 4.99. The largest absolute Gasteiger partial charge is 0.488 e. The lowest BCUT2D eigenvalue weighted by atomic mass is 9.62. The molecule has 8 heteroatoms. The van der Waals surface area contributed by atoms with Gasteiger partial charge in [-0.2, -0.15) is 0 Å². The normalized spacial score (nSPS) is 23.8. The number of rotatable bonds is 3. The summed E-state index contributed by atoms with van der Waals surface area (Å²) in [6.45, 7) is 0. The van der Waals surface area contributed by atoms with Gasteiger partial charge in [0.1, 0.15) is 11.5 Å². The Morgan fingerprint density at radius 3 is 2.48 bits per heavy atom. The van der Waals surface area contributed by atoms with Crippen molar-refractivity contribution in [3.63, 3.8) is 0 Å². The maximum Gasteiger partial charge on any atom is 0.488 e. The van der Waals surface area contributed by atoms with Gasteiger partial charge in [0.2, 0.25) is 5.91 Å². The highest BCUT2D eigenvalue weighted by Gasteiger charge is 2.59. The zero-order valence-corrected chi connectivity index (χ0v) is 14.5. The number of benzene rings is 2. The van der Waals surface area contributed by atoms with Crippen molar-refractivity contribution in [2.75, 3.05) is 5.32 Å².